The van der Waals surface area contributed by atoms with Crippen LogP contribution in [0.2, 0.25) is 0 Å². The van der Waals surface area contributed by atoms with Crippen molar-refractivity contribution in [3.05, 3.63) is 76.8 Å². The number of carbonyl (C=O) groups is 1. The zero-order valence-corrected chi connectivity index (χ0v) is 18.2. The number of anilines is 1. The summed E-state index contributed by atoms with van der Waals surface area (Å²) in [5.41, 5.74) is 9.30. The van der Waals surface area contributed by atoms with E-state index < -0.39 is 5.92 Å². The molecule has 9 nitrogen and oxygen atoms in total. The van der Waals surface area contributed by atoms with Crippen molar-refractivity contribution in [3.8, 4) is 23.4 Å². The van der Waals surface area contributed by atoms with Crippen LogP contribution in [0, 0.1) is 18.3 Å². The van der Waals surface area contributed by atoms with Gasteiger partial charge in [-0.15, -0.1) is 5.10 Å². The van der Waals surface area contributed by atoms with Crippen LogP contribution in [0.15, 0.2) is 60.0 Å². The molecule has 0 radical (unpaired) electrons. The Morgan fingerprint density at radius 1 is 1.18 bits per heavy atom. The minimum Gasteiger partial charge on any atom is -0.494 e. The highest BCUT2D eigenvalue weighted by atomic mass is 16.5. The van der Waals surface area contributed by atoms with Gasteiger partial charge in [-0.1, -0.05) is 12.1 Å². The molecule has 3 aromatic rings. The van der Waals surface area contributed by atoms with Crippen LogP contribution in [0.3, 0.4) is 0 Å². The standard InChI is InChI=1S/C24H23N5O4/c1-3-31-17-10-6-16(7-11-17)27-20(30)13-32-18-8-4-15(5-9-18)22-19(12-25)23(26)33-24-21(22)14(2)28-29-24/h4-11,22H,3,13,26H2,1-2H3,(H,27,30)(H,28,29). The molecule has 9 heteroatoms. The van der Waals surface area contributed by atoms with Crippen LogP contribution in [0.4, 0.5) is 5.69 Å². The lowest BCUT2D eigenvalue weighted by Crippen LogP contribution is -2.21. The van der Waals surface area contributed by atoms with Gasteiger partial charge in [-0.25, -0.2) is 0 Å². The Bertz CT molecular complexity index is 1220. The van der Waals surface area contributed by atoms with Gasteiger partial charge < -0.3 is 25.3 Å². The largest absolute Gasteiger partial charge is 0.494 e. The molecule has 1 unspecified atom stereocenters. The smallest absolute Gasteiger partial charge is 0.262 e. The van der Waals surface area contributed by atoms with Crippen molar-refractivity contribution in [3.63, 3.8) is 0 Å². The van der Waals surface area contributed by atoms with E-state index in [0.717, 1.165) is 22.6 Å². The lowest BCUT2D eigenvalue weighted by atomic mass is 9.84. The average molecular weight is 445 g/mol. The highest BCUT2D eigenvalue weighted by Crippen LogP contribution is 2.42. The van der Waals surface area contributed by atoms with Gasteiger partial charge in [-0.3, -0.25) is 9.89 Å². The summed E-state index contributed by atoms with van der Waals surface area (Å²) < 4.78 is 16.5. The number of nitrogens with zero attached hydrogens (tertiary/aromatic N) is 2. The number of hydrogen-bond acceptors (Lipinski definition) is 7. The number of hydrogen-bond donors (Lipinski definition) is 3. The van der Waals surface area contributed by atoms with E-state index in [1.165, 1.54) is 0 Å². The van der Waals surface area contributed by atoms with Gasteiger partial charge in [0.1, 0.15) is 23.1 Å². The van der Waals surface area contributed by atoms with Crippen molar-refractivity contribution in [1.29, 1.82) is 5.26 Å². The summed E-state index contributed by atoms with van der Waals surface area (Å²) in [6, 6.07) is 16.4. The molecule has 4 rings (SSSR count). The molecule has 1 atom stereocenters. The number of aromatic nitrogens is 2. The van der Waals surface area contributed by atoms with Crippen molar-refractivity contribution < 1.29 is 19.0 Å². The van der Waals surface area contributed by atoms with Crippen LogP contribution in [0.5, 0.6) is 17.4 Å². The molecule has 0 saturated carbocycles. The number of benzene rings is 2. The lowest BCUT2D eigenvalue weighted by molar-refractivity contribution is -0.118. The van der Waals surface area contributed by atoms with Crippen molar-refractivity contribution >= 4 is 11.6 Å². The second kappa shape index (κ2) is 9.36. The predicted molar refractivity (Wildman–Crippen MR) is 121 cm³/mol. The van der Waals surface area contributed by atoms with Gasteiger partial charge in [-0.2, -0.15) is 5.26 Å². The quantitative estimate of drug-likeness (QED) is 0.507. The number of aryl methyl sites for hydroxylation is 1. The first-order valence-electron chi connectivity index (χ1n) is 10.4. The Morgan fingerprint density at radius 3 is 2.52 bits per heavy atom. The van der Waals surface area contributed by atoms with E-state index in [2.05, 4.69) is 21.6 Å². The van der Waals surface area contributed by atoms with Crippen molar-refractivity contribution in [2.24, 2.45) is 5.73 Å². The third-order valence-corrected chi connectivity index (χ3v) is 5.16. The van der Waals surface area contributed by atoms with Crippen LogP contribution < -0.4 is 25.3 Å². The van der Waals surface area contributed by atoms with Crippen molar-refractivity contribution in [1.82, 2.24) is 10.2 Å². The summed E-state index contributed by atoms with van der Waals surface area (Å²) in [6.07, 6.45) is 0. The van der Waals surface area contributed by atoms with E-state index in [0.29, 0.717) is 29.5 Å². The summed E-state index contributed by atoms with van der Waals surface area (Å²) in [6.45, 7) is 4.20. The highest BCUT2D eigenvalue weighted by Gasteiger charge is 2.34. The molecule has 168 valence electrons. The van der Waals surface area contributed by atoms with Crippen LogP contribution in [0.25, 0.3) is 0 Å². The first-order valence-corrected chi connectivity index (χ1v) is 10.4. The summed E-state index contributed by atoms with van der Waals surface area (Å²) in [7, 11) is 0. The highest BCUT2D eigenvalue weighted by molar-refractivity contribution is 5.91. The molecule has 1 aliphatic heterocycles. The molecule has 1 amide bonds. The molecule has 1 aromatic heterocycles. The molecule has 1 aliphatic rings. The number of carbonyl (C=O) groups excluding carboxylic acids is 1. The zero-order valence-electron chi connectivity index (χ0n) is 18.2. The fourth-order valence-electron chi connectivity index (χ4n) is 3.64. The second-order valence-electron chi connectivity index (χ2n) is 7.36. The number of aromatic amines is 1. The molecular weight excluding hydrogens is 422 g/mol. The summed E-state index contributed by atoms with van der Waals surface area (Å²) in [5, 5.41) is 19.4. The number of nitriles is 1. The van der Waals surface area contributed by atoms with Gasteiger partial charge in [0.05, 0.1) is 12.5 Å². The van der Waals surface area contributed by atoms with Gasteiger partial charge in [-0.05, 0) is 55.8 Å². The van der Waals surface area contributed by atoms with Crippen molar-refractivity contribution in [2.45, 2.75) is 19.8 Å². The number of nitrogens with two attached hydrogens (primary N) is 1. The maximum absolute atomic E-state index is 12.2. The molecule has 0 spiro atoms. The summed E-state index contributed by atoms with van der Waals surface area (Å²) >= 11 is 0. The molecule has 0 fully saturated rings. The molecule has 0 aliphatic carbocycles. The van der Waals surface area contributed by atoms with Gasteiger partial charge in [0.2, 0.25) is 11.8 Å². The Kier molecular flexibility index (Phi) is 6.17. The number of fused-ring (bicyclic) bond motifs is 1. The van der Waals surface area contributed by atoms with E-state index in [4.69, 9.17) is 19.9 Å². The number of allylic oxidation sites excluding steroid dienone is 1. The second-order valence-corrected chi connectivity index (χ2v) is 7.36. The number of amides is 1. The summed E-state index contributed by atoms with van der Waals surface area (Å²) in [5.74, 6) is 0.967. The Morgan fingerprint density at radius 2 is 1.85 bits per heavy atom. The third kappa shape index (κ3) is 4.60. The fraction of sp³-hybridized carbons (Fsp3) is 0.208. The van der Waals surface area contributed by atoms with Crippen LogP contribution in [0.1, 0.15) is 29.7 Å². The fourth-order valence-corrected chi connectivity index (χ4v) is 3.64. The average Bonchev–Trinajstić information content (AvgIpc) is 3.18. The van der Waals surface area contributed by atoms with Gasteiger partial charge in [0.15, 0.2) is 6.61 Å². The molecule has 33 heavy (non-hydrogen) atoms. The molecule has 2 aromatic carbocycles. The summed E-state index contributed by atoms with van der Waals surface area (Å²) in [4.78, 5) is 12.2. The normalized spacial score (nSPS) is 14.6. The van der Waals surface area contributed by atoms with E-state index in [9.17, 15) is 10.1 Å². The molecule has 2 heterocycles. The third-order valence-electron chi connectivity index (χ3n) is 5.16. The van der Waals surface area contributed by atoms with E-state index >= 15 is 0 Å². The Hall–Kier alpha value is -4.45. The monoisotopic (exact) mass is 445 g/mol. The number of ether oxygens (including phenoxy) is 3. The predicted octanol–water partition coefficient (Wildman–Crippen LogP) is 3.35. The van der Waals surface area contributed by atoms with Crippen LogP contribution in [-0.4, -0.2) is 29.3 Å². The maximum atomic E-state index is 12.2. The minimum absolute atomic E-state index is 0.0350. The zero-order chi connectivity index (χ0) is 23.4. The lowest BCUT2D eigenvalue weighted by Gasteiger charge is -2.23. The van der Waals surface area contributed by atoms with E-state index in [1.54, 1.807) is 36.4 Å². The number of H-pyrrole nitrogens is 1. The number of nitrogens with one attached hydrogen (secondary N) is 2. The molecule has 0 saturated heterocycles. The van der Waals surface area contributed by atoms with E-state index in [1.807, 2.05) is 26.0 Å². The molecule has 4 N–H and O–H groups in total. The minimum atomic E-state index is -0.408. The van der Waals surface area contributed by atoms with E-state index in [-0.39, 0.29) is 18.4 Å². The first kappa shape index (κ1) is 21.8. The molecule has 0 bridgehead atoms. The van der Waals surface area contributed by atoms with Crippen LogP contribution in [-0.2, 0) is 4.79 Å². The van der Waals surface area contributed by atoms with Gasteiger partial charge >= 0.3 is 0 Å². The number of rotatable bonds is 7. The molecular formula is C24H23N5O4. The Balaban J connectivity index is 1.42. The van der Waals surface area contributed by atoms with Crippen LogP contribution >= 0.6 is 0 Å². The topological polar surface area (TPSA) is 135 Å². The maximum Gasteiger partial charge on any atom is 0.262 e. The van der Waals surface area contributed by atoms with Gasteiger partial charge in [0.25, 0.3) is 5.91 Å². The van der Waals surface area contributed by atoms with Gasteiger partial charge in [0, 0.05) is 16.9 Å². The van der Waals surface area contributed by atoms with Crippen molar-refractivity contribution in [2.75, 3.05) is 18.5 Å². The SMILES string of the molecule is CCOc1ccc(NC(=O)COc2ccc(C3C(C#N)=C(N)Oc4n[nH]c(C)c43)cc2)cc1. The first-order chi connectivity index (χ1) is 16.0. The Labute approximate surface area is 190 Å².